The van der Waals surface area contributed by atoms with Crippen molar-refractivity contribution in [2.24, 2.45) is 5.92 Å². The fourth-order valence-electron chi connectivity index (χ4n) is 2.67. The number of rotatable bonds is 3. The molecule has 3 rings (SSSR count). The Kier molecular flexibility index (Phi) is 3.98. The summed E-state index contributed by atoms with van der Waals surface area (Å²) >= 11 is 0. The van der Waals surface area contributed by atoms with Crippen molar-refractivity contribution in [3.8, 4) is 11.4 Å². The summed E-state index contributed by atoms with van der Waals surface area (Å²) in [6.07, 6.45) is 0.583. The average Bonchev–Trinajstić information content (AvgIpc) is 3.06. The largest absolute Gasteiger partial charge is 0.368 e. The number of hydrogen-bond donors (Lipinski definition) is 2. The third kappa shape index (κ3) is 2.90. The van der Waals surface area contributed by atoms with Gasteiger partial charge in [-0.3, -0.25) is 4.79 Å². The second kappa shape index (κ2) is 5.93. The minimum Gasteiger partial charge on any atom is -0.368 e. The number of hydrogen-bond acceptors (Lipinski definition) is 3. The molecule has 1 saturated heterocycles. The summed E-state index contributed by atoms with van der Waals surface area (Å²) in [5, 5.41) is 2.94. The zero-order chi connectivity index (χ0) is 15.7. The zero-order valence-electron chi connectivity index (χ0n) is 13.1. The van der Waals surface area contributed by atoms with Crippen LogP contribution in [0.3, 0.4) is 0 Å². The molecule has 2 heterocycles. The van der Waals surface area contributed by atoms with E-state index in [0.717, 1.165) is 34.9 Å². The Morgan fingerprint density at radius 2 is 2.23 bits per heavy atom. The van der Waals surface area contributed by atoms with Crippen LogP contribution < -0.4 is 5.32 Å². The van der Waals surface area contributed by atoms with Gasteiger partial charge >= 0.3 is 0 Å². The van der Waals surface area contributed by atoms with E-state index in [0.29, 0.717) is 6.61 Å². The van der Waals surface area contributed by atoms with Crippen molar-refractivity contribution in [2.45, 2.75) is 33.3 Å². The lowest BCUT2D eigenvalue weighted by Crippen LogP contribution is -2.31. The number of aromatic nitrogens is 2. The number of benzene rings is 1. The minimum atomic E-state index is -0.350. The van der Waals surface area contributed by atoms with E-state index in [-0.39, 0.29) is 17.9 Å². The quantitative estimate of drug-likeness (QED) is 0.915. The Hall–Kier alpha value is -2.14. The second-order valence-corrected chi connectivity index (χ2v) is 5.92. The third-order valence-corrected chi connectivity index (χ3v) is 4.18. The smallest absolute Gasteiger partial charge is 0.253 e. The van der Waals surface area contributed by atoms with E-state index in [1.54, 1.807) is 0 Å². The van der Waals surface area contributed by atoms with Gasteiger partial charge in [0, 0.05) is 23.6 Å². The summed E-state index contributed by atoms with van der Waals surface area (Å²) in [5.74, 6) is 1.00. The SMILES string of the molecule is Cc1nc(-c2cccc(NC(=O)[C@@H]3OCC[C@@H]3C)c2)[nH]c1C. The van der Waals surface area contributed by atoms with Gasteiger partial charge in [0.15, 0.2) is 0 Å². The van der Waals surface area contributed by atoms with Crippen molar-refractivity contribution in [1.82, 2.24) is 9.97 Å². The number of aromatic amines is 1. The number of carbonyl (C=O) groups is 1. The highest BCUT2D eigenvalue weighted by Crippen LogP contribution is 2.24. The van der Waals surface area contributed by atoms with Gasteiger partial charge in [0.1, 0.15) is 11.9 Å². The standard InChI is InChI=1S/C17H21N3O2/c1-10-7-8-22-15(10)17(21)20-14-6-4-5-13(9-14)16-18-11(2)12(3)19-16/h4-6,9-10,15H,7-8H2,1-3H3,(H,18,19)(H,20,21)/t10-,15+/m0/s1. The van der Waals surface area contributed by atoms with E-state index in [1.807, 2.05) is 45.0 Å². The van der Waals surface area contributed by atoms with Gasteiger partial charge in [-0.15, -0.1) is 0 Å². The van der Waals surface area contributed by atoms with Crippen LogP contribution in [0.1, 0.15) is 24.7 Å². The molecule has 2 aromatic rings. The summed E-state index contributed by atoms with van der Waals surface area (Å²) in [6, 6.07) is 7.69. The monoisotopic (exact) mass is 299 g/mol. The summed E-state index contributed by atoms with van der Waals surface area (Å²) in [5.41, 5.74) is 3.75. The fraction of sp³-hybridized carbons (Fsp3) is 0.412. The maximum atomic E-state index is 12.3. The number of H-pyrrole nitrogens is 1. The van der Waals surface area contributed by atoms with Crippen LogP contribution in [0.5, 0.6) is 0 Å². The van der Waals surface area contributed by atoms with Gasteiger partial charge in [-0.05, 0) is 38.3 Å². The van der Waals surface area contributed by atoms with Gasteiger partial charge in [-0.2, -0.15) is 0 Å². The van der Waals surface area contributed by atoms with E-state index in [9.17, 15) is 4.79 Å². The van der Waals surface area contributed by atoms with Gasteiger partial charge in [-0.25, -0.2) is 4.98 Å². The molecule has 0 aliphatic carbocycles. The highest BCUT2D eigenvalue weighted by Gasteiger charge is 2.30. The molecule has 1 aliphatic heterocycles. The Balaban J connectivity index is 1.78. The van der Waals surface area contributed by atoms with Crippen LogP contribution in [0.2, 0.25) is 0 Å². The molecule has 5 nitrogen and oxygen atoms in total. The predicted octanol–water partition coefficient (Wildman–Crippen LogP) is 3.06. The molecule has 2 N–H and O–H groups in total. The lowest BCUT2D eigenvalue weighted by atomic mass is 10.0. The number of imidazole rings is 1. The van der Waals surface area contributed by atoms with Crippen LogP contribution in [0.25, 0.3) is 11.4 Å². The third-order valence-electron chi connectivity index (χ3n) is 4.18. The topological polar surface area (TPSA) is 67.0 Å². The van der Waals surface area contributed by atoms with Crippen LogP contribution in [-0.2, 0) is 9.53 Å². The van der Waals surface area contributed by atoms with Gasteiger partial charge in [0.05, 0.1) is 5.69 Å². The first-order chi connectivity index (χ1) is 10.5. The first-order valence-corrected chi connectivity index (χ1v) is 7.60. The van der Waals surface area contributed by atoms with Crippen molar-refractivity contribution in [3.05, 3.63) is 35.7 Å². The molecule has 2 atom stereocenters. The summed E-state index contributed by atoms with van der Waals surface area (Å²) in [4.78, 5) is 20.0. The van der Waals surface area contributed by atoms with Gasteiger partial charge in [-0.1, -0.05) is 19.1 Å². The minimum absolute atomic E-state index is 0.0750. The molecular formula is C17H21N3O2. The number of nitrogens with one attached hydrogen (secondary N) is 2. The molecule has 5 heteroatoms. The van der Waals surface area contributed by atoms with Crippen LogP contribution in [-0.4, -0.2) is 28.6 Å². The van der Waals surface area contributed by atoms with Gasteiger partial charge in [0.25, 0.3) is 5.91 Å². The molecule has 0 saturated carbocycles. The maximum absolute atomic E-state index is 12.3. The lowest BCUT2D eigenvalue weighted by molar-refractivity contribution is -0.126. The first-order valence-electron chi connectivity index (χ1n) is 7.60. The number of aryl methyl sites for hydroxylation is 2. The van der Waals surface area contributed by atoms with Crippen LogP contribution >= 0.6 is 0 Å². The Morgan fingerprint density at radius 3 is 2.86 bits per heavy atom. The predicted molar refractivity (Wildman–Crippen MR) is 85.6 cm³/mol. The van der Waals surface area contributed by atoms with Crippen molar-refractivity contribution in [3.63, 3.8) is 0 Å². The zero-order valence-corrected chi connectivity index (χ0v) is 13.1. The molecule has 22 heavy (non-hydrogen) atoms. The molecule has 0 bridgehead atoms. The van der Waals surface area contributed by atoms with E-state index < -0.39 is 0 Å². The summed E-state index contributed by atoms with van der Waals surface area (Å²) in [7, 11) is 0. The Bertz CT molecular complexity index is 673. The molecule has 1 aromatic heterocycles. The van der Waals surface area contributed by atoms with Crippen molar-refractivity contribution < 1.29 is 9.53 Å². The van der Waals surface area contributed by atoms with Gasteiger partial charge < -0.3 is 15.0 Å². The molecule has 0 spiro atoms. The van der Waals surface area contributed by atoms with E-state index in [4.69, 9.17) is 4.74 Å². The summed E-state index contributed by atoms with van der Waals surface area (Å²) < 4.78 is 5.50. The van der Waals surface area contributed by atoms with Crippen LogP contribution in [0, 0.1) is 19.8 Å². The fourth-order valence-corrected chi connectivity index (χ4v) is 2.67. The molecule has 1 fully saturated rings. The van der Waals surface area contributed by atoms with Crippen LogP contribution in [0.4, 0.5) is 5.69 Å². The van der Waals surface area contributed by atoms with Gasteiger partial charge in [0.2, 0.25) is 0 Å². The number of anilines is 1. The molecule has 0 unspecified atom stereocenters. The Labute approximate surface area is 130 Å². The highest BCUT2D eigenvalue weighted by molar-refractivity contribution is 5.95. The van der Waals surface area contributed by atoms with Crippen molar-refractivity contribution in [2.75, 3.05) is 11.9 Å². The van der Waals surface area contributed by atoms with E-state index >= 15 is 0 Å². The Morgan fingerprint density at radius 1 is 1.41 bits per heavy atom. The molecule has 1 aromatic carbocycles. The molecular weight excluding hydrogens is 278 g/mol. The van der Waals surface area contributed by atoms with Crippen molar-refractivity contribution >= 4 is 11.6 Å². The highest BCUT2D eigenvalue weighted by atomic mass is 16.5. The van der Waals surface area contributed by atoms with Crippen molar-refractivity contribution in [1.29, 1.82) is 0 Å². The molecule has 0 radical (unpaired) electrons. The summed E-state index contributed by atoms with van der Waals surface area (Å²) in [6.45, 7) is 6.67. The second-order valence-electron chi connectivity index (χ2n) is 5.92. The number of amides is 1. The van der Waals surface area contributed by atoms with Crippen LogP contribution in [0.15, 0.2) is 24.3 Å². The van der Waals surface area contributed by atoms with E-state index in [1.165, 1.54) is 0 Å². The number of nitrogens with zero attached hydrogens (tertiary/aromatic N) is 1. The molecule has 1 amide bonds. The normalized spacial score (nSPS) is 21.0. The molecule has 116 valence electrons. The molecule has 1 aliphatic rings. The number of carbonyl (C=O) groups excluding carboxylic acids is 1. The lowest BCUT2D eigenvalue weighted by Gasteiger charge is -2.14. The number of ether oxygens (including phenoxy) is 1. The van der Waals surface area contributed by atoms with E-state index in [2.05, 4.69) is 15.3 Å². The maximum Gasteiger partial charge on any atom is 0.253 e. The average molecular weight is 299 g/mol. The first kappa shape index (κ1) is 14.8.